The van der Waals surface area contributed by atoms with Crippen molar-refractivity contribution in [1.82, 2.24) is 10.2 Å². The molecule has 4 rings (SSSR count). The maximum absolute atomic E-state index is 13.9. The predicted octanol–water partition coefficient (Wildman–Crippen LogP) is 4.40. The van der Waals surface area contributed by atoms with Crippen LogP contribution in [-0.4, -0.2) is 21.8 Å². The van der Waals surface area contributed by atoms with Gasteiger partial charge in [0.05, 0.1) is 11.5 Å². The lowest BCUT2D eigenvalue weighted by Gasteiger charge is -2.12. The van der Waals surface area contributed by atoms with Gasteiger partial charge in [-0.3, -0.25) is 19.8 Å². The van der Waals surface area contributed by atoms with Gasteiger partial charge in [-0.25, -0.2) is 9.18 Å². The Balaban J connectivity index is 1.56. The molecule has 1 fully saturated rings. The summed E-state index contributed by atoms with van der Waals surface area (Å²) in [4.78, 5) is 36.4. The number of halogens is 1. The number of rotatable bonds is 5. The topological polar surface area (TPSA) is 106 Å². The van der Waals surface area contributed by atoms with Crippen LogP contribution in [0.15, 0.2) is 64.7 Å². The molecule has 0 atom stereocenters. The lowest BCUT2D eigenvalue weighted by atomic mass is 10.1. The van der Waals surface area contributed by atoms with Crippen molar-refractivity contribution in [3.05, 3.63) is 93.1 Å². The summed E-state index contributed by atoms with van der Waals surface area (Å²) in [5.74, 6) is -0.481. The van der Waals surface area contributed by atoms with Crippen LogP contribution in [0.25, 0.3) is 17.4 Å². The van der Waals surface area contributed by atoms with Crippen molar-refractivity contribution in [3.63, 3.8) is 0 Å². The van der Waals surface area contributed by atoms with Gasteiger partial charge in [0.25, 0.3) is 11.6 Å². The molecule has 2 heterocycles. The minimum Gasteiger partial charge on any atom is -0.457 e. The third-order valence-corrected chi connectivity index (χ3v) is 4.85. The van der Waals surface area contributed by atoms with E-state index in [1.165, 1.54) is 30.3 Å². The van der Waals surface area contributed by atoms with Gasteiger partial charge in [0.15, 0.2) is 0 Å². The van der Waals surface area contributed by atoms with Gasteiger partial charge in [0.2, 0.25) is 0 Å². The first kappa shape index (κ1) is 20.0. The quantitative estimate of drug-likeness (QED) is 0.285. The Hall–Kier alpha value is -4.27. The van der Waals surface area contributed by atoms with Gasteiger partial charge in [0.1, 0.15) is 23.0 Å². The van der Waals surface area contributed by atoms with E-state index in [0.29, 0.717) is 16.9 Å². The van der Waals surface area contributed by atoms with Gasteiger partial charge in [-0.05, 0) is 25.1 Å². The number of imide groups is 1. The maximum atomic E-state index is 13.9. The van der Waals surface area contributed by atoms with Gasteiger partial charge >= 0.3 is 6.03 Å². The molecule has 0 spiro atoms. The third-order valence-electron chi connectivity index (χ3n) is 4.85. The highest BCUT2D eigenvalue weighted by Gasteiger charge is 2.34. The fourth-order valence-corrected chi connectivity index (χ4v) is 3.20. The van der Waals surface area contributed by atoms with Crippen LogP contribution in [0.3, 0.4) is 0 Å². The predicted molar refractivity (Wildman–Crippen MR) is 109 cm³/mol. The molecule has 1 aromatic heterocycles. The molecule has 0 aliphatic carbocycles. The normalized spacial score (nSPS) is 14.9. The molecule has 156 valence electrons. The van der Waals surface area contributed by atoms with E-state index < -0.39 is 22.7 Å². The highest BCUT2D eigenvalue weighted by molar-refractivity contribution is 6.13. The number of nitrogens with zero attached hydrogens (tertiary/aromatic N) is 2. The second-order valence-corrected chi connectivity index (χ2v) is 6.93. The molecule has 1 N–H and O–H groups in total. The number of amides is 3. The number of carbonyl (C=O) groups excluding carboxylic acids is 2. The highest BCUT2D eigenvalue weighted by Crippen LogP contribution is 2.29. The lowest BCUT2D eigenvalue weighted by Crippen LogP contribution is -2.30. The van der Waals surface area contributed by atoms with E-state index in [0.717, 1.165) is 4.90 Å². The first-order chi connectivity index (χ1) is 14.8. The fraction of sp³-hybridized carbons (Fsp3) is 0.0909. The molecule has 1 aliphatic rings. The number of benzene rings is 2. The van der Waals surface area contributed by atoms with Crippen molar-refractivity contribution in [2.24, 2.45) is 0 Å². The van der Waals surface area contributed by atoms with E-state index >= 15 is 0 Å². The van der Waals surface area contributed by atoms with Crippen molar-refractivity contribution >= 4 is 23.7 Å². The molecule has 0 bridgehead atoms. The second-order valence-electron chi connectivity index (χ2n) is 6.93. The molecular formula is C22H16FN3O5. The minimum atomic E-state index is -0.666. The zero-order chi connectivity index (χ0) is 22.1. The van der Waals surface area contributed by atoms with Crippen molar-refractivity contribution in [1.29, 1.82) is 0 Å². The Morgan fingerprint density at radius 3 is 2.68 bits per heavy atom. The summed E-state index contributed by atoms with van der Waals surface area (Å²) < 4.78 is 19.5. The number of hydrogen-bond acceptors (Lipinski definition) is 5. The Bertz CT molecular complexity index is 1250. The summed E-state index contributed by atoms with van der Waals surface area (Å²) in [7, 11) is 0. The smallest absolute Gasteiger partial charge is 0.329 e. The standard InChI is InChI=1S/C22H16FN3O5/c1-13-6-7-14(10-19(13)26(29)30)20-9-8-16(31-20)11-18-21(27)25(22(28)24-18)12-15-4-2-3-5-17(15)23/h2-11H,12H2,1H3,(H,24,28)/b18-11+. The lowest BCUT2D eigenvalue weighted by molar-refractivity contribution is -0.385. The van der Waals surface area contributed by atoms with Gasteiger partial charge in [-0.2, -0.15) is 0 Å². The molecule has 2 aromatic carbocycles. The fourth-order valence-electron chi connectivity index (χ4n) is 3.20. The average Bonchev–Trinajstić information content (AvgIpc) is 3.30. The van der Waals surface area contributed by atoms with E-state index in [1.807, 2.05) is 0 Å². The summed E-state index contributed by atoms with van der Waals surface area (Å²) >= 11 is 0. The molecule has 8 nitrogen and oxygen atoms in total. The highest BCUT2D eigenvalue weighted by atomic mass is 19.1. The van der Waals surface area contributed by atoms with E-state index in [1.54, 1.807) is 37.3 Å². The molecule has 1 aliphatic heterocycles. The maximum Gasteiger partial charge on any atom is 0.329 e. The molecule has 31 heavy (non-hydrogen) atoms. The summed E-state index contributed by atoms with van der Waals surface area (Å²) in [6.45, 7) is 1.44. The van der Waals surface area contributed by atoms with E-state index in [-0.39, 0.29) is 29.3 Å². The van der Waals surface area contributed by atoms with Crippen LogP contribution in [0, 0.1) is 22.9 Å². The van der Waals surface area contributed by atoms with Crippen molar-refractivity contribution < 1.29 is 23.3 Å². The Morgan fingerprint density at radius 2 is 1.94 bits per heavy atom. The van der Waals surface area contributed by atoms with Gasteiger partial charge in [-0.1, -0.05) is 30.3 Å². The SMILES string of the molecule is Cc1ccc(-c2ccc(/C=C3/NC(=O)N(Cc4ccccc4F)C3=O)o2)cc1[N+](=O)[O-]. The van der Waals surface area contributed by atoms with E-state index in [2.05, 4.69) is 5.32 Å². The van der Waals surface area contributed by atoms with Crippen LogP contribution in [0.2, 0.25) is 0 Å². The van der Waals surface area contributed by atoms with Crippen molar-refractivity contribution in [2.75, 3.05) is 0 Å². The van der Waals surface area contributed by atoms with E-state index in [4.69, 9.17) is 4.42 Å². The number of nitro benzene ring substituents is 1. The van der Waals surface area contributed by atoms with Gasteiger partial charge < -0.3 is 9.73 Å². The molecule has 9 heteroatoms. The largest absolute Gasteiger partial charge is 0.457 e. The number of nitro groups is 1. The Morgan fingerprint density at radius 1 is 1.16 bits per heavy atom. The van der Waals surface area contributed by atoms with Gasteiger partial charge in [0, 0.05) is 28.8 Å². The first-order valence-corrected chi connectivity index (χ1v) is 9.26. The summed E-state index contributed by atoms with van der Waals surface area (Å²) in [5, 5.41) is 13.6. The Kier molecular flexibility index (Phi) is 5.08. The van der Waals surface area contributed by atoms with Gasteiger partial charge in [-0.15, -0.1) is 0 Å². The summed E-state index contributed by atoms with van der Waals surface area (Å²) in [5.41, 5.74) is 1.20. The summed E-state index contributed by atoms with van der Waals surface area (Å²) in [6, 6.07) is 13.1. The molecule has 0 saturated carbocycles. The van der Waals surface area contributed by atoms with Crippen molar-refractivity contribution in [2.45, 2.75) is 13.5 Å². The number of nitrogens with one attached hydrogen (secondary N) is 1. The number of hydrogen-bond donors (Lipinski definition) is 1. The third kappa shape index (κ3) is 3.93. The number of urea groups is 1. The second kappa shape index (κ2) is 7.86. The van der Waals surface area contributed by atoms with Crippen LogP contribution >= 0.6 is 0 Å². The van der Waals surface area contributed by atoms with Crippen molar-refractivity contribution in [3.8, 4) is 11.3 Å². The monoisotopic (exact) mass is 421 g/mol. The van der Waals surface area contributed by atoms with Crippen LogP contribution in [0.4, 0.5) is 14.9 Å². The minimum absolute atomic E-state index is 0.0166. The molecule has 0 radical (unpaired) electrons. The molecule has 3 amide bonds. The van der Waals surface area contributed by atoms with E-state index in [9.17, 15) is 24.1 Å². The van der Waals surface area contributed by atoms with Crippen LogP contribution in [0.5, 0.6) is 0 Å². The molecule has 0 unspecified atom stereocenters. The zero-order valence-corrected chi connectivity index (χ0v) is 16.3. The zero-order valence-electron chi connectivity index (χ0n) is 16.3. The number of furan rings is 1. The molecular weight excluding hydrogens is 405 g/mol. The summed E-state index contributed by atoms with van der Waals surface area (Å²) in [6.07, 6.45) is 1.35. The first-order valence-electron chi connectivity index (χ1n) is 9.26. The Labute approximate surface area is 175 Å². The molecule has 3 aromatic rings. The van der Waals surface area contributed by atoms with Crippen LogP contribution < -0.4 is 5.32 Å². The number of carbonyl (C=O) groups is 2. The van der Waals surface area contributed by atoms with Crippen LogP contribution in [-0.2, 0) is 11.3 Å². The number of aryl methyl sites for hydroxylation is 1. The average molecular weight is 421 g/mol. The van der Waals surface area contributed by atoms with Crippen LogP contribution in [0.1, 0.15) is 16.9 Å². The molecule has 1 saturated heterocycles.